The van der Waals surface area contributed by atoms with E-state index >= 15 is 0 Å². The van der Waals surface area contributed by atoms with Crippen molar-refractivity contribution in [3.63, 3.8) is 0 Å². The molecule has 100 valence electrons. The molecule has 1 aliphatic rings. The van der Waals surface area contributed by atoms with Gasteiger partial charge in [0.05, 0.1) is 12.0 Å². The van der Waals surface area contributed by atoms with Crippen LogP contribution >= 0.6 is 0 Å². The van der Waals surface area contributed by atoms with Crippen LogP contribution in [-0.4, -0.2) is 41.7 Å². The van der Waals surface area contributed by atoms with Gasteiger partial charge in [-0.1, -0.05) is 20.8 Å². The molecular formula is C13H26N2O2. The Morgan fingerprint density at radius 3 is 2.65 bits per heavy atom. The van der Waals surface area contributed by atoms with E-state index in [9.17, 15) is 9.90 Å². The molecule has 0 radical (unpaired) electrons. The molecule has 1 amide bonds. The van der Waals surface area contributed by atoms with E-state index in [1.165, 1.54) is 0 Å². The fourth-order valence-corrected chi connectivity index (χ4v) is 2.46. The van der Waals surface area contributed by atoms with Crippen molar-refractivity contribution < 1.29 is 9.90 Å². The molecular weight excluding hydrogens is 216 g/mol. The largest absolute Gasteiger partial charge is 0.393 e. The molecule has 1 heterocycles. The topological polar surface area (TPSA) is 66.6 Å². The van der Waals surface area contributed by atoms with Crippen molar-refractivity contribution in [2.45, 2.75) is 39.7 Å². The molecule has 0 aromatic carbocycles. The van der Waals surface area contributed by atoms with Gasteiger partial charge in [0.25, 0.3) is 0 Å². The molecule has 0 saturated carbocycles. The van der Waals surface area contributed by atoms with Gasteiger partial charge in [-0.25, -0.2) is 0 Å². The molecule has 0 bridgehead atoms. The van der Waals surface area contributed by atoms with Gasteiger partial charge in [0.2, 0.25) is 5.91 Å². The zero-order valence-electron chi connectivity index (χ0n) is 11.2. The third kappa shape index (κ3) is 3.96. The molecule has 1 fully saturated rings. The zero-order valence-corrected chi connectivity index (χ0v) is 11.2. The molecule has 3 unspecified atom stereocenters. The Labute approximate surface area is 104 Å². The average Bonchev–Trinajstić information content (AvgIpc) is 2.28. The zero-order chi connectivity index (χ0) is 13.0. The van der Waals surface area contributed by atoms with Crippen molar-refractivity contribution in [2.75, 3.05) is 19.6 Å². The summed E-state index contributed by atoms with van der Waals surface area (Å²) in [5, 5.41) is 9.66. The number of piperidine rings is 1. The van der Waals surface area contributed by atoms with E-state index in [1.54, 1.807) is 0 Å². The molecule has 4 heteroatoms. The Balaban J connectivity index is 2.56. The lowest BCUT2D eigenvalue weighted by Gasteiger charge is -2.36. The lowest BCUT2D eigenvalue weighted by atomic mass is 9.92. The van der Waals surface area contributed by atoms with Crippen LogP contribution in [-0.2, 0) is 4.79 Å². The summed E-state index contributed by atoms with van der Waals surface area (Å²) in [5.74, 6) is 0.767. The molecule has 1 rings (SSSR count). The summed E-state index contributed by atoms with van der Waals surface area (Å²) in [7, 11) is 0. The summed E-state index contributed by atoms with van der Waals surface area (Å²) in [6.07, 6.45) is 1.27. The maximum atomic E-state index is 12.3. The number of rotatable bonds is 4. The van der Waals surface area contributed by atoms with E-state index in [-0.39, 0.29) is 23.8 Å². The van der Waals surface area contributed by atoms with Crippen molar-refractivity contribution in [2.24, 2.45) is 23.5 Å². The lowest BCUT2D eigenvalue weighted by molar-refractivity contribution is -0.139. The highest BCUT2D eigenvalue weighted by atomic mass is 16.3. The fourth-order valence-electron chi connectivity index (χ4n) is 2.46. The number of aliphatic hydroxyl groups is 1. The molecule has 1 saturated heterocycles. The van der Waals surface area contributed by atoms with E-state index < -0.39 is 0 Å². The first-order valence-corrected chi connectivity index (χ1v) is 6.62. The van der Waals surface area contributed by atoms with Gasteiger partial charge in [-0.05, 0) is 24.7 Å². The third-order valence-corrected chi connectivity index (χ3v) is 3.56. The first kappa shape index (κ1) is 14.5. The molecule has 3 atom stereocenters. The van der Waals surface area contributed by atoms with E-state index in [1.807, 2.05) is 11.8 Å². The SMILES string of the molecule is CC(C)CC(CN)C(=O)N1CCC(O)C(C)C1. The summed E-state index contributed by atoms with van der Waals surface area (Å²) in [6, 6.07) is 0. The van der Waals surface area contributed by atoms with Gasteiger partial charge in [-0.3, -0.25) is 4.79 Å². The van der Waals surface area contributed by atoms with Gasteiger partial charge in [0.1, 0.15) is 0 Å². The average molecular weight is 242 g/mol. The van der Waals surface area contributed by atoms with E-state index in [0.29, 0.717) is 32.0 Å². The summed E-state index contributed by atoms with van der Waals surface area (Å²) in [5.41, 5.74) is 5.69. The van der Waals surface area contributed by atoms with Gasteiger partial charge in [0.15, 0.2) is 0 Å². The second-order valence-electron chi connectivity index (χ2n) is 5.68. The van der Waals surface area contributed by atoms with Crippen molar-refractivity contribution in [3.05, 3.63) is 0 Å². The van der Waals surface area contributed by atoms with Crippen LogP contribution in [0.25, 0.3) is 0 Å². The van der Waals surface area contributed by atoms with Crippen molar-refractivity contribution >= 4 is 5.91 Å². The van der Waals surface area contributed by atoms with E-state index in [2.05, 4.69) is 13.8 Å². The Morgan fingerprint density at radius 1 is 1.53 bits per heavy atom. The number of carbonyl (C=O) groups excluding carboxylic acids is 1. The van der Waals surface area contributed by atoms with Gasteiger partial charge < -0.3 is 15.7 Å². The van der Waals surface area contributed by atoms with E-state index in [4.69, 9.17) is 5.73 Å². The number of nitrogens with zero attached hydrogens (tertiary/aromatic N) is 1. The quantitative estimate of drug-likeness (QED) is 0.767. The minimum absolute atomic E-state index is 0.0579. The molecule has 0 spiro atoms. The number of carbonyl (C=O) groups is 1. The Morgan fingerprint density at radius 2 is 2.18 bits per heavy atom. The molecule has 0 aliphatic carbocycles. The van der Waals surface area contributed by atoms with Gasteiger partial charge >= 0.3 is 0 Å². The summed E-state index contributed by atoms with van der Waals surface area (Å²) >= 11 is 0. The fraction of sp³-hybridized carbons (Fsp3) is 0.923. The van der Waals surface area contributed by atoms with Crippen molar-refractivity contribution in [1.29, 1.82) is 0 Å². The Bertz CT molecular complexity index is 256. The number of amides is 1. The number of aliphatic hydroxyl groups excluding tert-OH is 1. The van der Waals surface area contributed by atoms with E-state index in [0.717, 1.165) is 6.42 Å². The normalized spacial score (nSPS) is 27.3. The first-order chi connectivity index (χ1) is 7.95. The predicted octanol–water partition coefficient (Wildman–Crippen LogP) is 0.837. The lowest BCUT2D eigenvalue weighted by Crippen LogP contribution is -2.48. The Kier molecular flexibility index (Phi) is 5.40. The molecule has 17 heavy (non-hydrogen) atoms. The van der Waals surface area contributed by atoms with Crippen LogP contribution in [0.5, 0.6) is 0 Å². The summed E-state index contributed by atoms with van der Waals surface area (Å²) in [6.45, 7) is 7.96. The highest BCUT2D eigenvalue weighted by Gasteiger charge is 2.30. The highest BCUT2D eigenvalue weighted by Crippen LogP contribution is 2.20. The molecule has 4 nitrogen and oxygen atoms in total. The molecule has 1 aliphatic heterocycles. The van der Waals surface area contributed by atoms with Crippen LogP contribution in [0.4, 0.5) is 0 Å². The number of hydrogen-bond acceptors (Lipinski definition) is 3. The van der Waals surface area contributed by atoms with Gasteiger partial charge in [0, 0.05) is 19.6 Å². The molecule has 0 aromatic rings. The summed E-state index contributed by atoms with van der Waals surface area (Å²) in [4.78, 5) is 14.2. The van der Waals surface area contributed by atoms with Crippen LogP contribution in [0, 0.1) is 17.8 Å². The monoisotopic (exact) mass is 242 g/mol. The number of nitrogens with two attached hydrogens (primary N) is 1. The minimum Gasteiger partial charge on any atom is -0.393 e. The molecule has 3 N–H and O–H groups in total. The van der Waals surface area contributed by atoms with Crippen molar-refractivity contribution in [3.8, 4) is 0 Å². The smallest absolute Gasteiger partial charge is 0.226 e. The Hall–Kier alpha value is -0.610. The highest BCUT2D eigenvalue weighted by molar-refractivity contribution is 5.79. The van der Waals surface area contributed by atoms with Crippen molar-refractivity contribution in [1.82, 2.24) is 4.90 Å². The van der Waals surface area contributed by atoms with Crippen LogP contribution in [0.1, 0.15) is 33.6 Å². The maximum absolute atomic E-state index is 12.3. The van der Waals surface area contributed by atoms with Crippen LogP contribution in [0.3, 0.4) is 0 Å². The molecule has 0 aromatic heterocycles. The second-order valence-corrected chi connectivity index (χ2v) is 5.68. The maximum Gasteiger partial charge on any atom is 0.226 e. The van der Waals surface area contributed by atoms with Gasteiger partial charge in [-0.15, -0.1) is 0 Å². The predicted molar refractivity (Wildman–Crippen MR) is 68.4 cm³/mol. The standard InChI is InChI=1S/C13H26N2O2/c1-9(2)6-11(7-14)13(17)15-5-4-12(16)10(3)8-15/h9-12,16H,4-8,14H2,1-3H3. The third-order valence-electron chi connectivity index (χ3n) is 3.56. The van der Waals surface area contributed by atoms with Gasteiger partial charge in [-0.2, -0.15) is 0 Å². The van der Waals surface area contributed by atoms with Crippen LogP contribution in [0.15, 0.2) is 0 Å². The minimum atomic E-state index is -0.263. The number of hydrogen-bond donors (Lipinski definition) is 2. The summed E-state index contributed by atoms with van der Waals surface area (Å²) < 4.78 is 0. The van der Waals surface area contributed by atoms with Crippen LogP contribution < -0.4 is 5.73 Å². The van der Waals surface area contributed by atoms with Crippen LogP contribution in [0.2, 0.25) is 0 Å². The first-order valence-electron chi connectivity index (χ1n) is 6.62. The second kappa shape index (κ2) is 6.36. The number of likely N-dealkylation sites (tertiary alicyclic amines) is 1.